The number of carbonyl (C=O) groups excluding carboxylic acids is 1. The Balaban J connectivity index is 2.72. The van der Waals surface area contributed by atoms with E-state index < -0.39 is 0 Å². The van der Waals surface area contributed by atoms with Gasteiger partial charge in [0.1, 0.15) is 6.61 Å². The molecule has 0 saturated carbocycles. The fourth-order valence-electron chi connectivity index (χ4n) is 1.47. The molecule has 1 amide bonds. The predicted octanol–water partition coefficient (Wildman–Crippen LogP) is 1.82. The molecule has 0 aliphatic rings. The quantitative estimate of drug-likeness (QED) is 0.832. The molecule has 1 rings (SSSR count). The van der Waals surface area contributed by atoms with Crippen LogP contribution in [0.5, 0.6) is 0 Å². The standard InChI is InChI=1S/C13H17NO2S/c1-10(2)9-14(3)13(16)12-7-6-11(17-12)5-4-8-15/h6-7,10,15H,8-9H2,1-3H3. The maximum Gasteiger partial charge on any atom is 0.263 e. The number of thiophene rings is 1. The Morgan fingerprint density at radius 3 is 2.82 bits per heavy atom. The summed E-state index contributed by atoms with van der Waals surface area (Å²) in [5, 5.41) is 8.59. The molecule has 0 saturated heterocycles. The van der Waals surface area contributed by atoms with Crippen molar-refractivity contribution in [2.24, 2.45) is 5.92 Å². The molecule has 0 atom stereocenters. The van der Waals surface area contributed by atoms with E-state index in [9.17, 15) is 4.79 Å². The highest BCUT2D eigenvalue weighted by Crippen LogP contribution is 2.17. The molecule has 4 heteroatoms. The van der Waals surface area contributed by atoms with Gasteiger partial charge < -0.3 is 10.0 Å². The van der Waals surface area contributed by atoms with E-state index in [1.54, 1.807) is 18.0 Å². The minimum atomic E-state index is -0.158. The molecule has 3 nitrogen and oxygen atoms in total. The summed E-state index contributed by atoms with van der Waals surface area (Å²) in [4.78, 5) is 15.2. The maximum absolute atomic E-state index is 12.0. The highest BCUT2D eigenvalue weighted by Gasteiger charge is 2.14. The first-order chi connectivity index (χ1) is 8.04. The molecular formula is C13H17NO2S. The molecule has 0 radical (unpaired) electrons. The first-order valence-corrected chi connectivity index (χ1v) is 6.31. The van der Waals surface area contributed by atoms with Crippen LogP contribution in [-0.2, 0) is 0 Å². The van der Waals surface area contributed by atoms with Crippen molar-refractivity contribution in [2.75, 3.05) is 20.2 Å². The van der Waals surface area contributed by atoms with Crippen molar-refractivity contribution in [3.63, 3.8) is 0 Å². The molecule has 1 aromatic rings. The van der Waals surface area contributed by atoms with E-state index >= 15 is 0 Å². The Bertz CT molecular complexity index is 440. The molecular weight excluding hydrogens is 234 g/mol. The van der Waals surface area contributed by atoms with Crippen molar-refractivity contribution in [1.82, 2.24) is 4.90 Å². The fourth-order valence-corrected chi connectivity index (χ4v) is 2.34. The Kier molecular flexibility index (Phi) is 5.20. The van der Waals surface area contributed by atoms with Crippen molar-refractivity contribution in [1.29, 1.82) is 0 Å². The summed E-state index contributed by atoms with van der Waals surface area (Å²) >= 11 is 1.36. The first-order valence-electron chi connectivity index (χ1n) is 5.49. The molecule has 0 aliphatic heterocycles. The van der Waals surface area contributed by atoms with Crippen LogP contribution in [0.4, 0.5) is 0 Å². The molecule has 0 aliphatic carbocycles. The lowest BCUT2D eigenvalue weighted by Crippen LogP contribution is -2.29. The summed E-state index contributed by atoms with van der Waals surface area (Å²) < 4.78 is 0. The van der Waals surface area contributed by atoms with Gasteiger partial charge in [0.15, 0.2) is 0 Å². The average molecular weight is 251 g/mol. The van der Waals surface area contributed by atoms with Gasteiger partial charge in [-0.3, -0.25) is 4.79 Å². The summed E-state index contributed by atoms with van der Waals surface area (Å²) in [7, 11) is 1.81. The second-order valence-electron chi connectivity index (χ2n) is 4.20. The van der Waals surface area contributed by atoms with E-state index in [0.29, 0.717) is 10.8 Å². The SMILES string of the molecule is CC(C)CN(C)C(=O)c1ccc(C#CCO)s1. The number of carbonyl (C=O) groups is 1. The van der Waals surface area contributed by atoms with Gasteiger partial charge in [-0.1, -0.05) is 25.7 Å². The van der Waals surface area contributed by atoms with Gasteiger partial charge in [-0.05, 0) is 18.1 Å². The van der Waals surface area contributed by atoms with Gasteiger partial charge in [0.2, 0.25) is 0 Å². The van der Waals surface area contributed by atoms with Crippen LogP contribution < -0.4 is 0 Å². The van der Waals surface area contributed by atoms with Crippen LogP contribution in [-0.4, -0.2) is 36.1 Å². The molecule has 1 N–H and O–H groups in total. The van der Waals surface area contributed by atoms with Crippen molar-refractivity contribution in [3.05, 3.63) is 21.9 Å². The van der Waals surface area contributed by atoms with Crippen LogP contribution in [0.1, 0.15) is 28.4 Å². The minimum Gasteiger partial charge on any atom is -0.384 e. The number of hydrogen-bond donors (Lipinski definition) is 1. The molecule has 1 aromatic heterocycles. The van der Waals surface area contributed by atoms with Crippen molar-refractivity contribution in [3.8, 4) is 11.8 Å². The number of nitrogens with zero attached hydrogens (tertiary/aromatic N) is 1. The smallest absolute Gasteiger partial charge is 0.263 e. The van der Waals surface area contributed by atoms with E-state index in [1.807, 2.05) is 6.07 Å². The third kappa shape index (κ3) is 4.22. The third-order valence-electron chi connectivity index (χ3n) is 2.09. The Labute approximate surface area is 106 Å². The zero-order valence-electron chi connectivity index (χ0n) is 10.4. The van der Waals surface area contributed by atoms with E-state index in [0.717, 1.165) is 11.4 Å². The maximum atomic E-state index is 12.0. The minimum absolute atomic E-state index is 0.0285. The highest BCUT2D eigenvalue weighted by atomic mass is 32.1. The van der Waals surface area contributed by atoms with E-state index in [4.69, 9.17) is 5.11 Å². The van der Waals surface area contributed by atoms with Crippen LogP contribution >= 0.6 is 11.3 Å². The number of rotatable bonds is 3. The predicted molar refractivity (Wildman–Crippen MR) is 70.1 cm³/mol. The first kappa shape index (κ1) is 13.8. The average Bonchev–Trinajstić information content (AvgIpc) is 2.72. The monoisotopic (exact) mass is 251 g/mol. The zero-order chi connectivity index (χ0) is 12.8. The molecule has 0 fully saturated rings. The Morgan fingerprint density at radius 1 is 1.53 bits per heavy atom. The molecule has 17 heavy (non-hydrogen) atoms. The Morgan fingerprint density at radius 2 is 2.24 bits per heavy atom. The summed E-state index contributed by atoms with van der Waals surface area (Å²) in [5.74, 6) is 5.85. The van der Waals surface area contributed by atoms with Crippen molar-refractivity contribution in [2.45, 2.75) is 13.8 Å². The molecule has 1 heterocycles. The van der Waals surface area contributed by atoms with Crippen LogP contribution in [0.2, 0.25) is 0 Å². The third-order valence-corrected chi connectivity index (χ3v) is 3.08. The van der Waals surface area contributed by atoms with E-state index in [1.165, 1.54) is 11.3 Å². The van der Waals surface area contributed by atoms with Crippen LogP contribution in [0.15, 0.2) is 12.1 Å². The van der Waals surface area contributed by atoms with Gasteiger partial charge >= 0.3 is 0 Å². The molecule has 0 unspecified atom stereocenters. The lowest BCUT2D eigenvalue weighted by molar-refractivity contribution is 0.0784. The number of hydrogen-bond acceptors (Lipinski definition) is 3. The second kappa shape index (κ2) is 6.43. The van der Waals surface area contributed by atoms with Gasteiger partial charge in [-0.25, -0.2) is 0 Å². The summed E-state index contributed by atoms with van der Waals surface area (Å²) in [6.45, 7) is 4.75. The van der Waals surface area contributed by atoms with Gasteiger partial charge in [0.25, 0.3) is 5.91 Å². The zero-order valence-corrected chi connectivity index (χ0v) is 11.2. The van der Waals surface area contributed by atoms with E-state index in [2.05, 4.69) is 25.7 Å². The van der Waals surface area contributed by atoms with Gasteiger partial charge in [0, 0.05) is 13.6 Å². The van der Waals surface area contributed by atoms with Crippen LogP contribution in [0, 0.1) is 17.8 Å². The highest BCUT2D eigenvalue weighted by molar-refractivity contribution is 7.14. The lowest BCUT2D eigenvalue weighted by Gasteiger charge is -2.18. The molecule has 92 valence electrons. The van der Waals surface area contributed by atoms with Crippen LogP contribution in [0.25, 0.3) is 0 Å². The second-order valence-corrected chi connectivity index (χ2v) is 5.29. The lowest BCUT2D eigenvalue weighted by atomic mass is 10.2. The Hall–Kier alpha value is -1.31. The van der Waals surface area contributed by atoms with Crippen molar-refractivity contribution >= 4 is 17.2 Å². The number of aliphatic hydroxyl groups excluding tert-OH is 1. The molecule has 0 bridgehead atoms. The van der Waals surface area contributed by atoms with Gasteiger partial charge in [-0.2, -0.15) is 0 Å². The molecule has 0 aromatic carbocycles. The van der Waals surface area contributed by atoms with Crippen molar-refractivity contribution < 1.29 is 9.90 Å². The number of aliphatic hydroxyl groups is 1. The van der Waals surface area contributed by atoms with Gasteiger partial charge in [0.05, 0.1) is 9.75 Å². The molecule has 0 spiro atoms. The largest absolute Gasteiger partial charge is 0.384 e. The fraction of sp³-hybridized carbons (Fsp3) is 0.462. The van der Waals surface area contributed by atoms with Gasteiger partial charge in [-0.15, -0.1) is 11.3 Å². The van der Waals surface area contributed by atoms with E-state index in [-0.39, 0.29) is 12.5 Å². The summed E-state index contributed by atoms with van der Waals surface area (Å²) in [6.07, 6.45) is 0. The number of amides is 1. The summed E-state index contributed by atoms with van der Waals surface area (Å²) in [5.41, 5.74) is 0. The topological polar surface area (TPSA) is 40.5 Å². The normalized spacial score (nSPS) is 9.94. The van der Waals surface area contributed by atoms with Crippen LogP contribution in [0.3, 0.4) is 0 Å². The summed E-state index contributed by atoms with van der Waals surface area (Å²) in [6, 6.07) is 3.59.